The van der Waals surface area contributed by atoms with Crippen molar-refractivity contribution in [2.75, 3.05) is 7.11 Å². The van der Waals surface area contributed by atoms with Crippen molar-refractivity contribution in [3.63, 3.8) is 0 Å². The van der Waals surface area contributed by atoms with Gasteiger partial charge >= 0.3 is 6.18 Å². The molecule has 25 heavy (non-hydrogen) atoms. The summed E-state index contributed by atoms with van der Waals surface area (Å²) < 4.78 is 48.2. The maximum absolute atomic E-state index is 12.5. The van der Waals surface area contributed by atoms with Crippen LogP contribution in [0, 0.1) is 0 Å². The van der Waals surface area contributed by atoms with Crippen LogP contribution in [0.1, 0.15) is 28.5 Å². The van der Waals surface area contributed by atoms with Crippen molar-refractivity contribution in [3.8, 4) is 11.5 Å². The Kier molecular flexibility index (Phi) is 6.05. The number of methoxy groups -OCH3 is 1. The molecule has 1 aromatic heterocycles. The molecule has 0 aliphatic heterocycles. The molecular formula is C17H15BrF3NO3. The molecule has 2 aromatic rings. The van der Waals surface area contributed by atoms with Gasteiger partial charge in [-0.05, 0) is 31.2 Å². The highest BCUT2D eigenvalue weighted by molar-refractivity contribution is 9.10. The average molecular weight is 418 g/mol. The number of ether oxygens (including phenoxy) is 2. The second kappa shape index (κ2) is 7.86. The lowest BCUT2D eigenvalue weighted by Crippen LogP contribution is -2.11. The van der Waals surface area contributed by atoms with E-state index in [2.05, 4.69) is 20.9 Å². The number of nitrogens with zero attached hydrogens (tertiary/aromatic N) is 1. The number of ketones is 1. The molecule has 0 aliphatic carbocycles. The molecule has 0 N–H and O–H groups in total. The highest BCUT2D eigenvalue weighted by atomic mass is 79.9. The van der Waals surface area contributed by atoms with E-state index < -0.39 is 11.7 Å². The molecule has 0 saturated heterocycles. The summed E-state index contributed by atoms with van der Waals surface area (Å²) in [6, 6.07) is 6.92. The van der Waals surface area contributed by atoms with Crippen LogP contribution in [0.25, 0.3) is 0 Å². The zero-order valence-electron chi connectivity index (χ0n) is 13.4. The summed E-state index contributed by atoms with van der Waals surface area (Å²) in [5, 5.41) is 0. The Labute approximate surface area is 151 Å². The maximum atomic E-state index is 12.5. The van der Waals surface area contributed by atoms with Gasteiger partial charge in [0.15, 0.2) is 5.78 Å². The number of aromatic nitrogens is 1. The molecule has 0 aliphatic rings. The first-order valence-electron chi connectivity index (χ1n) is 7.23. The SMILES string of the molecule is COc1cc(OCc2ccc(C(F)(F)F)cn2)ccc1C(=O)C(C)Br. The smallest absolute Gasteiger partial charge is 0.417 e. The van der Waals surface area contributed by atoms with Crippen LogP contribution in [-0.4, -0.2) is 22.7 Å². The van der Waals surface area contributed by atoms with Gasteiger partial charge in [0.2, 0.25) is 0 Å². The number of benzene rings is 1. The third-order valence-corrected chi connectivity index (χ3v) is 3.75. The fourth-order valence-corrected chi connectivity index (χ4v) is 2.26. The van der Waals surface area contributed by atoms with E-state index in [1.54, 1.807) is 25.1 Å². The molecule has 2 rings (SSSR count). The number of hydrogen-bond acceptors (Lipinski definition) is 4. The zero-order valence-corrected chi connectivity index (χ0v) is 15.0. The topological polar surface area (TPSA) is 48.4 Å². The van der Waals surface area contributed by atoms with Gasteiger partial charge in [0, 0.05) is 12.3 Å². The first kappa shape index (κ1) is 19.2. The summed E-state index contributed by atoms with van der Waals surface area (Å²) in [6.45, 7) is 1.70. The Balaban J connectivity index is 2.09. The van der Waals surface area contributed by atoms with Crippen LogP contribution in [0.3, 0.4) is 0 Å². The third kappa shape index (κ3) is 4.94. The molecule has 0 bridgehead atoms. The number of halogens is 4. The molecule has 0 amide bonds. The molecule has 1 atom stereocenters. The first-order valence-corrected chi connectivity index (χ1v) is 8.15. The van der Waals surface area contributed by atoms with Crippen LogP contribution >= 0.6 is 15.9 Å². The maximum Gasteiger partial charge on any atom is 0.417 e. The predicted octanol–water partition coefficient (Wildman–Crippen LogP) is 4.65. The Morgan fingerprint density at radius 2 is 2.00 bits per heavy atom. The Hall–Kier alpha value is -2.09. The van der Waals surface area contributed by atoms with E-state index >= 15 is 0 Å². The minimum absolute atomic E-state index is 0.0105. The van der Waals surface area contributed by atoms with E-state index in [4.69, 9.17) is 9.47 Å². The molecule has 1 unspecified atom stereocenters. The van der Waals surface area contributed by atoms with Gasteiger partial charge in [-0.3, -0.25) is 9.78 Å². The number of hydrogen-bond donors (Lipinski definition) is 0. The van der Waals surface area contributed by atoms with Crippen molar-refractivity contribution in [1.82, 2.24) is 4.98 Å². The van der Waals surface area contributed by atoms with E-state index in [0.717, 1.165) is 12.3 Å². The summed E-state index contributed by atoms with van der Waals surface area (Å²) in [5.41, 5.74) is -0.0576. The van der Waals surface area contributed by atoms with Crippen LogP contribution in [0.15, 0.2) is 36.5 Å². The summed E-state index contributed by atoms with van der Waals surface area (Å²) in [4.78, 5) is 15.4. The minimum Gasteiger partial charge on any atom is -0.496 e. The average Bonchev–Trinajstić information content (AvgIpc) is 2.58. The largest absolute Gasteiger partial charge is 0.496 e. The number of alkyl halides is 4. The van der Waals surface area contributed by atoms with Gasteiger partial charge in [-0.2, -0.15) is 13.2 Å². The highest BCUT2D eigenvalue weighted by Crippen LogP contribution is 2.29. The van der Waals surface area contributed by atoms with Crippen molar-refractivity contribution in [2.45, 2.75) is 24.5 Å². The Morgan fingerprint density at radius 3 is 2.52 bits per heavy atom. The lowest BCUT2D eigenvalue weighted by atomic mass is 10.1. The van der Waals surface area contributed by atoms with Gasteiger partial charge in [0.1, 0.15) is 18.1 Å². The van der Waals surface area contributed by atoms with Gasteiger partial charge in [-0.15, -0.1) is 0 Å². The lowest BCUT2D eigenvalue weighted by molar-refractivity contribution is -0.137. The van der Waals surface area contributed by atoms with Gasteiger partial charge in [-0.1, -0.05) is 15.9 Å². The molecule has 0 radical (unpaired) electrons. The van der Waals surface area contributed by atoms with E-state index in [1.165, 1.54) is 13.2 Å². The van der Waals surface area contributed by atoms with Crippen molar-refractivity contribution in [3.05, 3.63) is 53.3 Å². The lowest BCUT2D eigenvalue weighted by Gasteiger charge is -2.12. The molecule has 4 nitrogen and oxygen atoms in total. The summed E-state index contributed by atoms with van der Waals surface area (Å²) in [5.74, 6) is 0.638. The number of pyridine rings is 1. The van der Waals surface area contributed by atoms with Crippen LogP contribution in [0.5, 0.6) is 11.5 Å². The van der Waals surface area contributed by atoms with E-state index in [0.29, 0.717) is 22.8 Å². The molecular weight excluding hydrogens is 403 g/mol. The summed E-state index contributed by atoms with van der Waals surface area (Å²) in [6.07, 6.45) is -3.66. The third-order valence-electron chi connectivity index (χ3n) is 3.34. The van der Waals surface area contributed by atoms with Crippen molar-refractivity contribution in [2.24, 2.45) is 0 Å². The molecule has 0 spiro atoms. The Morgan fingerprint density at radius 1 is 1.28 bits per heavy atom. The van der Waals surface area contributed by atoms with Gasteiger partial charge < -0.3 is 9.47 Å². The molecule has 8 heteroatoms. The van der Waals surface area contributed by atoms with E-state index in [9.17, 15) is 18.0 Å². The molecule has 1 heterocycles. The number of carbonyl (C=O) groups is 1. The monoisotopic (exact) mass is 417 g/mol. The van der Waals surface area contributed by atoms with Gasteiger partial charge in [-0.25, -0.2) is 0 Å². The number of rotatable bonds is 6. The van der Waals surface area contributed by atoms with Crippen molar-refractivity contribution in [1.29, 1.82) is 0 Å². The molecule has 0 fully saturated rings. The zero-order chi connectivity index (χ0) is 18.6. The minimum atomic E-state index is -4.42. The standard InChI is InChI=1S/C17H15BrF3NO3/c1-10(18)16(23)14-6-5-13(7-15(14)24-2)25-9-12-4-3-11(8-22-12)17(19,20)21/h3-8,10H,9H2,1-2H3. The first-order chi connectivity index (χ1) is 11.7. The second-order valence-corrected chi connectivity index (χ2v) is 6.54. The Bertz CT molecular complexity index is 746. The molecule has 1 aromatic carbocycles. The fourth-order valence-electron chi connectivity index (χ4n) is 2.01. The summed E-state index contributed by atoms with van der Waals surface area (Å²) >= 11 is 3.21. The van der Waals surface area contributed by atoms with Crippen molar-refractivity contribution < 1.29 is 27.4 Å². The molecule has 0 saturated carbocycles. The highest BCUT2D eigenvalue weighted by Gasteiger charge is 2.30. The fraction of sp³-hybridized carbons (Fsp3) is 0.294. The number of carbonyl (C=O) groups excluding carboxylic acids is 1. The van der Waals surface area contributed by atoms with E-state index in [1.807, 2.05) is 0 Å². The normalized spacial score (nSPS) is 12.6. The van der Waals surface area contributed by atoms with Gasteiger partial charge in [0.05, 0.1) is 28.8 Å². The number of Topliss-reactive ketones (excluding diaryl/α,β-unsaturated/α-hetero) is 1. The van der Waals surface area contributed by atoms with Crippen LogP contribution < -0.4 is 9.47 Å². The van der Waals surface area contributed by atoms with Crippen LogP contribution in [-0.2, 0) is 12.8 Å². The predicted molar refractivity (Wildman–Crippen MR) is 89.3 cm³/mol. The van der Waals surface area contributed by atoms with Crippen LogP contribution in [0.4, 0.5) is 13.2 Å². The second-order valence-electron chi connectivity index (χ2n) is 5.17. The van der Waals surface area contributed by atoms with Crippen LogP contribution in [0.2, 0.25) is 0 Å². The van der Waals surface area contributed by atoms with Gasteiger partial charge in [0.25, 0.3) is 0 Å². The van der Waals surface area contributed by atoms with Crippen molar-refractivity contribution >= 4 is 21.7 Å². The van der Waals surface area contributed by atoms with E-state index in [-0.39, 0.29) is 17.2 Å². The summed E-state index contributed by atoms with van der Waals surface area (Å²) in [7, 11) is 1.44. The quantitative estimate of drug-likeness (QED) is 0.506. The molecule has 134 valence electrons.